The number of pyridine rings is 1. The summed E-state index contributed by atoms with van der Waals surface area (Å²) in [7, 11) is 1.47. The predicted molar refractivity (Wildman–Crippen MR) is 131 cm³/mol. The smallest absolute Gasteiger partial charge is 0.339 e. The van der Waals surface area contributed by atoms with E-state index in [4.69, 9.17) is 14.5 Å². The normalized spacial score (nSPS) is 10.6. The minimum Gasteiger partial charge on any atom is -0.495 e. The molecule has 0 fully saturated rings. The Labute approximate surface area is 198 Å². The monoisotopic (exact) mass is 463 g/mol. The number of aryl methyl sites for hydroxylation is 1. The van der Waals surface area contributed by atoms with Gasteiger partial charge in [0.05, 0.1) is 23.9 Å². The number of nitrogens with zero attached hydrogens (tertiary/aromatic N) is 1. The third-order valence-corrected chi connectivity index (χ3v) is 5.25. The van der Waals surface area contributed by atoms with Gasteiger partial charge in [-0.25, -0.2) is 4.79 Å². The summed E-state index contributed by atoms with van der Waals surface area (Å²) in [5.41, 5.74) is 3.74. The van der Waals surface area contributed by atoms with E-state index in [0.717, 1.165) is 29.6 Å². The molecular formula is C26H29N3O5. The van der Waals surface area contributed by atoms with Gasteiger partial charge in [0.1, 0.15) is 5.75 Å². The van der Waals surface area contributed by atoms with Gasteiger partial charge in [-0.3, -0.25) is 14.6 Å². The number of carbonyl (C=O) groups is 3. The first-order valence-electron chi connectivity index (χ1n) is 11.2. The lowest BCUT2D eigenvalue weighted by Crippen LogP contribution is -2.22. The number of esters is 1. The molecule has 0 atom stereocenters. The molecule has 178 valence electrons. The highest BCUT2D eigenvalue weighted by Crippen LogP contribution is 2.28. The van der Waals surface area contributed by atoms with Crippen molar-refractivity contribution < 1.29 is 23.9 Å². The van der Waals surface area contributed by atoms with Gasteiger partial charge in [-0.2, -0.15) is 0 Å². The number of fused-ring (bicyclic) bond motifs is 1. The summed E-state index contributed by atoms with van der Waals surface area (Å²) in [5, 5.41) is 6.03. The van der Waals surface area contributed by atoms with Crippen LogP contribution in [0.3, 0.4) is 0 Å². The highest BCUT2D eigenvalue weighted by atomic mass is 16.5. The number of ether oxygens (including phenoxy) is 2. The molecule has 8 heteroatoms. The topological polar surface area (TPSA) is 107 Å². The fraction of sp³-hybridized carbons (Fsp3) is 0.308. The fourth-order valence-electron chi connectivity index (χ4n) is 3.84. The molecule has 0 spiro atoms. The second kappa shape index (κ2) is 11.3. The maximum atomic E-state index is 13.1. The van der Waals surface area contributed by atoms with Gasteiger partial charge in [-0.05, 0) is 42.7 Å². The van der Waals surface area contributed by atoms with Crippen LogP contribution in [0.5, 0.6) is 5.75 Å². The van der Waals surface area contributed by atoms with E-state index in [1.807, 2.05) is 31.2 Å². The maximum absolute atomic E-state index is 13.1. The summed E-state index contributed by atoms with van der Waals surface area (Å²) in [6.45, 7) is 4.95. The number of carbonyl (C=O) groups excluding carboxylic acids is 3. The van der Waals surface area contributed by atoms with E-state index in [2.05, 4.69) is 17.6 Å². The second-order valence-corrected chi connectivity index (χ2v) is 7.75. The van der Waals surface area contributed by atoms with Crippen molar-refractivity contribution >= 4 is 40.1 Å². The molecule has 0 aliphatic heterocycles. The summed E-state index contributed by atoms with van der Waals surface area (Å²) < 4.78 is 10.7. The van der Waals surface area contributed by atoms with Crippen molar-refractivity contribution in [2.45, 2.75) is 40.0 Å². The number of para-hydroxylation sites is 1. The molecule has 8 nitrogen and oxygen atoms in total. The van der Waals surface area contributed by atoms with E-state index in [0.29, 0.717) is 34.5 Å². The van der Waals surface area contributed by atoms with Crippen LogP contribution in [0.2, 0.25) is 0 Å². The van der Waals surface area contributed by atoms with Gasteiger partial charge < -0.3 is 20.1 Å². The summed E-state index contributed by atoms with van der Waals surface area (Å²) in [6, 6.07) is 12.3. The molecule has 0 aliphatic carbocycles. The van der Waals surface area contributed by atoms with Crippen LogP contribution < -0.4 is 15.4 Å². The third kappa shape index (κ3) is 5.70. The van der Waals surface area contributed by atoms with Gasteiger partial charge in [0.15, 0.2) is 6.61 Å². The Morgan fingerprint density at radius 3 is 2.47 bits per heavy atom. The van der Waals surface area contributed by atoms with Crippen LogP contribution in [0.25, 0.3) is 10.9 Å². The molecule has 0 bridgehead atoms. The van der Waals surface area contributed by atoms with Crippen LogP contribution >= 0.6 is 0 Å². The number of rotatable bonds is 9. The van der Waals surface area contributed by atoms with E-state index < -0.39 is 18.5 Å². The molecule has 2 N–H and O–H groups in total. The molecule has 2 aromatic carbocycles. The van der Waals surface area contributed by atoms with E-state index >= 15 is 0 Å². The van der Waals surface area contributed by atoms with E-state index in [-0.39, 0.29) is 5.91 Å². The Balaban J connectivity index is 1.81. The van der Waals surface area contributed by atoms with Crippen molar-refractivity contribution in [1.82, 2.24) is 4.98 Å². The number of methoxy groups -OCH3 is 1. The van der Waals surface area contributed by atoms with Crippen molar-refractivity contribution in [2.24, 2.45) is 0 Å². The maximum Gasteiger partial charge on any atom is 0.339 e. The lowest BCUT2D eigenvalue weighted by atomic mass is 9.96. The van der Waals surface area contributed by atoms with Gasteiger partial charge in [0, 0.05) is 23.7 Å². The van der Waals surface area contributed by atoms with Gasteiger partial charge in [-0.15, -0.1) is 0 Å². The highest BCUT2D eigenvalue weighted by Gasteiger charge is 2.21. The van der Waals surface area contributed by atoms with Crippen molar-refractivity contribution in [3.8, 4) is 5.75 Å². The van der Waals surface area contributed by atoms with Crippen LogP contribution in [-0.2, 0) is 27.2 Å². The zero-order valence-electron chi connectivity index (χ0n) is 19.9. The van der Waals surface area contributed by atoms with Crippen molar-refractivity contribution in [3.05, 3.63) is 59.3 Å². The van der Waals surface area contributed by atoms with Crippen LogP contribution in [0.1, 0.15) is 48.8 Å². The van der Waals surface area contributed by atoms with Crippen LogP contribution in [-0.4, -0.2) is 36.5 Å². The average Bonchev–Trinajstić information content (AvgIpc) is 2.81. The van der Waals surface area contributed by atoms with Gasteiger partial charge in [0.2, 0.25) is 5.91 Å². The molecule has 0 saturated carbocycles. The molecule has 0 radical (unpaired) electrons. The number of nitrogens with one attached hydrogen (secondary N) is 2. The molecule has 0 aliphatic rings. The first-order valence-corrected chi connectivity index (χ1v) is 11.2. The van der Waals surface area contributed by atoms with E-state index in [9.17, 15) is 14.4 Å². The SMILES string of the molecule is CCCc1nc2ccccc2c(C(=O)OCC(=O)Nc2cc(NC(C)=O)ccc2OC)c1CC. The fourth-order valence-corrected chi connectivity index (χ4v) is 3.84. The van der Waals surface area contributed by atoms with Gasteiger partial charge in [0.25, 0.3) is 5.91 Å². The molecule has 3 rings (SSSR count). The Bertz CT molecular complexity index is 1220. The molecule has 1 aromatic heterocycles. The first kappa shape index (κ1) is 24.7. The number of amides is 2. The Morgan fingerprint density at radius 2 is 1.79 bits per heavy atom. The number of anilines is 2. The highest BCUT2D eigenvalue weighted by molar-refractivity contribution is 6.06. The molecule has 1 heterocycles. The summed E-state index contributed by atoms with van der Waals surface area (Å²) in [5.74, 6) is -0.930. The zero-order chi connectivity index (χ0) is 24.7. The van der Waals surface area contributed by atoms with Crippen LogP contribution in [0.4, 0.5) is 11.4 Å². The zero-order valence-corrected chi connectivity index (χ0v) is 19.9. The first-order chi connectivity index (χ1) is 16.4. The summed E-state index contributed by atoms with van der Waals surface area (Å²) >= 11 is 0. The molecule has 3 aromatic rings. The number of aromatic nitrogens is 1. The Kier molecular flexibility index (Phi) is 8.19. The van der Waals surface area contributed by atoms with Crippen molar-refractivity contribution in [1.29, 1.82) is 0 Å². The van der Waals surface area contributed by atoms with Crippen molar-refractivity contribution in [3.63, 3.8) is 0 Å². The molecular weight excluding hydrogens is 434 g/mol. The lowest BCUT2D eigenvalue weighted by molar-refractivity contribution is -0.119. The van der Waals surface area contributed by atoms with Crippen molar-refractivity contribution in [2.75, 3.05) is 24.4 Å². The Morgan fingerprint density at radius 1 is 1.03 bits per heavy atom. The van der Waals surface area contributed by atoms with Crippen LogP contribution in [0, 0.1) is 0 Å². The standard InChI is InChI=1S/C26H29N3O5/c1-5-9-20-18(6-2)25(19-10-7-8-11-21(19)28-20)26(32)34-15-24(31)29-22-14-17(27-16(3)30)12-13-23(22)33-4/h7-8,10-14H,5-6,9,15H2,1-4H3,(H,27,30)(H,29,31). The van der Waals surface area contributed by atoms with Gasteiger partial charge >= 0.3 is 5.97 Å². The minimum atomic E-state index is -0.568. The number of hydrogen-bond acceptors (Lipinski definition) is 6. The third-order valence-electron chi connectivity index (χ3n) is 5.25. The van der Waals surface area contributed by atoms with Crippen LogP contribution in [0.15, 0.2) is 42.5 Å². The molecule has 0 unspecified atom stereocenters. The van der Waals surface area contributed by atoms with Gasteiger partial charge in [-0.1, -0.05) is 38.5 Å². The predicted octanol–water partition coefficient (Wildman–Crippen LogP) is 4.51. The molecule has 34 heavy (non-hydrogen) atoms. The van der Waals surface area contributed by atoms with E-state index in [1.165, 1.54) is 14.0 Å². The largest absolute Gasteiger partial charge is 0.495 e. The second-order valence-electron chi connectivity index (χ2n) is 7.75. The quantitative estimate of drug-likeness (QED) is 0.452. The molecule has 0 saturated heterocycles. The minimum absolute atomic E-state index is 0.241. The lowest BCUT2D eigenvalue weighted by Gasteiger charge is -2.16. The molecule has 2 amide bonds. The summed E-state index contributed by atoms with van der Waals surface area (Å²) in [4.78, 5) is 41.8. The summed E-state index contributed by atoms with van der Waals surface area (Å²) in [6.07, 6.45) is 2.27. The number of benzene rings is 2. The average molecular weight is 464 g/mol. The number of hydrogen-bond donors (Lipinski definition) is 2. The Hall–Kier alpha value is -3.94. The van der Waals surface area contributed by atoms with E-state index in [1.54, 1.807) is 18.2 Å².